The second-order valence-corrected chi connectivity index (χ2v) is 5.74. The minimum absolute atomic E-state index is 0.186. The zero-order valence-electron chi connectivity index (χ0n) is 12.4. The van der Waals surface area contributed by atoms with Crippen LogP contribution in [0, 0.1) is 5.92 Å². The van der Waals surface area contributed by atoms with Gasteiger partial charge < -0.3 is 10.4 Å². The van der Waals surface area contributed by atoms with Crippen LogP contribution in [0.2, 0.25) is 0 Å². The van der Waals surface area contributed by atoms with Crippen molar-refractivity contribution in [2.45, 2.75) is 31.7 Å². The van der Waals surface area contributed by atoms with Crippen molar-refractivity contribution in [3.8, 4) is 11.4 Å². The molecule has 7 nitrogen and oxygen atoms in total. The molecule has 116 valence electrons. The van der Waals surface area contributed by atoms with E-state index in [0.29, 0.717) is 6.04 Å². The van der Waals surface area contributed by atoms with E-state index in [0.717, 1.165) is 42.8 Å². The SMILES string of the molecule is Cn1nnnc1-c1cccc(NC2CCC(C(=O)O)CC2)c1. The molecule has 1 fully saturated rings. The molecule has 0 atom stereocenters. The smallest absolute Gasteiger partial charge is 0.306 e. The third kappa shape index (κ3) is 3.08. The first-order chi connectivity index (χ1) is 10.6. The fourth-order valence-electron chi connectivity index (χ4n) is 2.94. The van der Waals surface area contributed by atoms with Gasteiger partial charge in [-0.25, -0.2) is 4.68 Å². The van der Waals surface area contributed by atoms with E-state index >= 15 is 0 Å². The highest BCUT2D eigenvalue weighted by Crippen LogP contribution is 2.28. The van der Waals surface area contributed by atoms with E-state index in [4.69, 9.17) is 5.11 Å². The first-order valence-electron chi connectivity index (χ1n) is 7.45. The summed E-state index contributed by atoms with van der Waals surface area (Å²) < 4.78 is 1.64. The molecule has 0 radical (unpaired) electrons. The second-order valence-electron chi connectivity index (χ2n) is 5.74. The Kier molecular flexibility index (Phi) is 4.04. The van der Waals surface area contributed by atoms with Gasteiger partial charge in [-0.15, -0.1) is 5.10 Å². The molecule has 0 saturated heterocycles. The highest BCUT2D eigenvalue weighted by Gasteiger charge is 2.25. The molecule has 0 amide bonds. The molecule has 0 aliphatic heterocycles. The zero-order chi connectivity index (χ0) is 15.5. The number of tetrazole rings is 1. The van der Waals surface area contributed by atoms with E-state index in [1.165, 1.54) is 0 Å². The number of carboxylic acid groups (broad SMARTS) is 1. The number of nitrogens with zero attached hydrogens (tertiary/aromatic N) is 4. The molecule has 2 N–H and O–H groups in total. The number of aromatic nitrogens is 4. The summed E-state index contributed by atoms with van der Waals surface area (Å²) in [6.45, 7) is 0. The Morgan fingerprint density at radius 1 is 1.32 bits per heavy atom. The van der Waals surface area contributed by atoms with Gasteiger partial charge in [0.05, 0.1) is 5.92 Å². The molecule has 1 aliphatic carbocycles. The highest BCUT2D eigenvalue weighted by molar-refractivity contribution is 5.70. The lowest BCUT2D eigenvalue weighted by atomic mass is 9.86. The van der Waals surface area contributed by atoms with Crippen LogP contribution in [0.1, 0.15) is 25.7 Å². The van der Waals surface area contributed by atoms with Crippen LogP contribution in [-0.2, 0) is 11.8 Å². The van der Waals surface area contributed by atoms with Crippen LogP contribution < -0.4 is 5.32 Å². The Morgan fingerprint density at radius 2 is 2.09 bits per heavy atom. The van der Waals surface area contributed by atoms with Gasteiger partial charge in [0.25, 0.3) is 0 Å². The maximum atomic E-state index is 11.0. The number of aryl methyl sites for hydroxylation is 1. The van der Waals surface area contributed by atoms with E-state index in [-0.39, 0.29) is 5.92 Å². The lowest BCUT2D eigenvalue weighted by Crippen LogP contribution is -2.29. The van der Waals surface area contributed by atoms with Crippen molar-refractivity contribution in [3.63, 3.8) is 0 Å². The summed E-state index contributed by atoms with van der Waals surface area (Å²) in [6, 6.07) is 8.29. The summed E-state index contributed by atoms with van der Waals surface area (Å²) in [5.41, 5.74) is 1.97. The van der Waals surface area contributed by atoms with E-state index in [1.54, 1.807) is 4.68 Å². The second kappa shape index (κ2) is 6.13. The first kappa shape index (κ1) is 14.5. The van der Waals surface area contributed by atoms with Gasteiger partial charge in [0.1, 0.15) is 0 Å². The fraction of sp³-hybridized carbons (Fsp3) is 0.467. The van der Waals surface area contributed by atoms with Crippen LogP contribution in [0.3, 0.4) is 0 Å². The molecule has 1 heterocycles. The van der Waals surface area contributed by atoms with Crippen molar-refractivity contribution in [1.82, 2.24) is 20.2 Å². The van der Waals surface area contributed by atoms with Gasteiger partial charge in [0, 0.05) is 24.3 Å². The largest absolute Gasteiger partial charge is 0.481 e. The molecule has 1 aliphatic rings. The highest BCUT2D eigenvalue weighted by atomic mass is 16.4. The van der Waals surface area contributed by atoms with E-state index in [1.807, 2.05) is 31.3 Å². The lowest BCUT2D eigenvalue weighted by Gasteiger charge is -2.27. The van der Waals surface area contributed by atoms with Crippen molar-refractivity contribution in [2.24, 2.45) is 13.0 Å². The maximum Gasteiger partial charge on any atom is 0.306 e. The third-order valence-corrected chi connectivity index (χ3v) is 4.19. The molecule has 2 aromatic rings. The average Bonchev–Trinajstić information content (AvgIpc) is 2.94. The van der Waals surface area contributed by atoms with Gasteiger partial charge >= 0.3 is 5.97 Å². The number of aliphatic carboxylic acids is 1. The van der Waals surface area contributed by atoms with Crippen molar-refractivity contribution in [3.05, 3.63) is 24.3 Å². The maximum absolute atomic E-state index is 11.0. The van der Waals surface area contributed by atoms with Gasteiger partial charge in [0.2, 0.25) is 0 Å². The van der Waals surface area contributed by atoms with Crippen molar-refractivity contribution in [1.29, 1.82) is 0 Å². The molecular formula is C15H19N5O2. The number of anilines is 1. The van der Waals surface area contributed by atoms with E-state index in [9.17, 15) is 4.79 Å². The summed E-state index contributed by atoms with van der Waals surface area (Å²) >= 11 is 0. The topological polar surface area (TPSA) is 92.9 Å². The van der Waals surface area contributed by atoms with Crippen LogP contribution in [0.25, 0.3) is 11.4 Å². The van der Waals surface area contributed by atoms with E-state index < -0.39 is 5.97 Å². The normalized spacial score (nSPS) is 21.5. The summed E-state index contributed by atoms with van der Waals surface area (Å²) in [4.78, 5) is 11.0. The van der Waals surface area contributed by atoms with Gasteiger partial charge in [-0.3, -0.25) is 4.79 Å². The molecule has 22 heavy (non-hydrogen) atoms. The number of nitrogens with one attached hydrogen (secondary N) is 1. The average molecular weight is 301 g/mol. The van der Waals surface area contributed by atoms with E-state index in [2.05, 4.69) is 20.8 Å². The Balaban J connectivity index is 1.67. The summed E-state index contributed by atoms with van der Waals surface area (Å²) in [5.74, 6) is -0.137. The molecule has 0 spiro atoms. The number of carboxylic acids is 1. The molecular weight excluding hydrogens is 282 g/mol. The Hall–Kier alpha value is -2.44. The van der Waals surface area contributed by atoms with Crippen LogP contribution in [0.4, 0.5) is 5.69 Å². The molecule has 0 unspecified atom stereocenters. The fourth-order valence-corrected chi connectivity index (χ4v) is 2.94. The van der Waals surface area contributed by atoms with Crippen LogP contribution >= 0.6 is 0 Å². The van der Waals surface area contributed by atoms with Gasteiger partial charge in [-0.2, -0.15) is 0 Å². The summed E-state index contributed by atoms with van der Waals surface area (Å²) in [6.07, 6.45) is 3.24. The quantitative estimate of drug-likeness (QED) is 0.896. The van der Waals surface area contributed by atoms with Crippen molar-refractivity contribution < 1.29 is 9.90 Å². The van der Waals surface area contributed by atoms with Crippen LogP contribution in [-0.4, -0.2) is 37.3 Å². The Labute approximate surface area is 128 Å². The molecule has 0 bridgehead atoms. The van der Waals surface area contributed by atoms with Gasteiger partial charge in [0.15, 0.2) is 5.82 Å². The van der Waals surface area contributed by atoms with Crippen LogP contribution in [0.5, 0.6) is 0 Å². The lowest BCUT2D eigenvalue weighted by molar-refractivity contribution is -0.142. The number of benzene rings is 1. The Bertz CT molecular complexity index is 661. The monoisotopic (exact) mass is 301 g/mol. The predicted octanol–water partition coefficient (Wildman–Crippen LogP) is 1.93. The standard InChI is InChI=1S/C15H19N5O2/c1-20-14(17-18-19-20)11-3-2-4-13(9-11)16-12-7-5-10(6-8-12)15(21)22/h2-4,9-10,12,16H,5-8H2,1H3,(H,21,22). The molecule has 1 aromatic carbocycles. The predicted molar refractivity (Wildman–Crippen MR) is 81.2 cm³/mol. The van der Waals surface area contributed by atoms with Gasteiger partial charge in [-0.1, -0.05) is 12.1 Å². The number of rotatable bonds is 4. The first-order valence-corrected chi connectivity index (χ1v) is 7.45. The van der Waals surface area contributed by atoms with Crippen molar-refractivity contribution in [2.75, 3.05) is 5.32 Å². The number of hydrogen-bond donors (Lipinski definition) is 2. The minimum Gasteiger partial charge on any atom is -0.481 e. The van der Waals surface area contributed by atoms with Gasteiger partial charge in [-0.05, 0) is 48.2 Å². The van der Waals surface area contributed by atoms with Crippen molar-refractivity contribution >= 4 is 11.7 Å². The molecule has 3 rings (SSSR count). The summed E-state index contributed by atoms with van der Waals surface area (Å²) in [5, 5.41) is 24.0. The zero-order valence-corrected chi connectivity index (χ0v) is 12.4. The molecule has 7 heteroatoms. The number of hydrogen-bond acceptors (Lipinski definition) is 5. The molecule has 1 aromatic heterocycles. The van der Waals surface area contributed by atoms with Crippen LogP contribution in [0.15, 0.2) is 24.3 Å². The Morgan fingerprint density at radius 3 is 2.73 bits per heavy atom. The minimum atomic E-state index is -0.671. The molecule has 1 saturated carbocycles. The number of carbonyl (C=O) groups is 1. The third-order valence-electron chi connectivity index (χ3n) is 4.19. The summed E-state index contributed by atoms with van der Waals surface area (Å²) in [7, 11) is 1.81.